The Morgan fingerprint density at radius 1 is 1.08 bits per heavy atom. The van der Waals surface area contributed by atoms with E-state index in [4.69, 9.17) is 0 Å². The Morgan fingerprint density at radius 2 is 1.75 bits per heavy atom. The molecule has 2 rings (SSSR count). The molecule has 24 heavy (non-hydrogen) atoms. The number of benzene rings is 1. The number of hydrogen-bond donors (Lipinski definition) is 1. The van der Waals surface area contributed by atoms with Crippen LogP contribution < -0.4 is 5.32 Å². The summed E-state index contributed by atoms with van der Waals surface area (Å²) in [5, 5.41) is 3.67. The van der Waals surface area contributed by atoms with Gasteiger partial charge in [0.05, 0.1) is 5.56 Å². The maximum Gasteiger partial charge on any atom is 0.416 e. The molecular formula is C19H29F3N2. The molecule has 1 aliphatic rings. The van der Waals surface area contributed by atoms with Gasteiger partial charge in [0.15, 0.2) is 0 Å². The molecule has 0 aromatic heterocycles. The molecule has 1 saturated carbocycles. The van der Waals surface area contributed by atoms with E-state index >= 15 is 0 Å². The van der Waals surface area contributed by atoms with Crippen molar-refractivity contribution in [2.24, 2.45) is 0 Å². The van der Waals surface area contributed by atoms with Gasteiger partial charge in [0.25, 0.3) is 0 Å². The molecular weight excluding hydrogens is 313 g/mol. The molecule has 136 valence electrons. The molecule has 1 aliphatic carbocycles. The summed E-state index contributed by atoms with van der Waals surface area (Å²) in [6, 6.07) is 6.53. The number of alkyl halides is 3. The fourth-order valence-corrected chi connectivity index (χ4v) is 3.76. The first-order valence-corrected chi connectivity index (χ1v) is 8.58. The van der Waals surface area contributed by atoms with Crippen LogP contribution in [-0.4, -0.2) is 36.6 Å². The number of hydrogen-bond acceptors (Lipinski definition) is 2. The lowest BCUT2D eigenvalue weighted by atomic mass is 9.77. The average Bonchev–Trinajstić information content (AvgIpc) is 2.44. The number of likely N-dealkylation sites (N-methyl/N-ethyl adjacent to an activating group) is 1. The third kappa shape index (κ3) is 4.96. The molecule has 0 radical (unpaired) electrons. The summed E-state index contributed by atoms with van der Waals surface area (Å²) in [5.74, 6) is 0.170. The standard InChI is InChI=1S/C19H29F3N2/c1-18(2,3)23-16-12-14(9-10-17(16)24(4)5)13-7-6-8-15(11-13)19(20,21)22/h6-8,11,14,16-17,23H,9-10,12H2,1-5H3/t14-,16+,17+/m1/s1. The molecule has 5 heteroatoms. The lowest BCUT2D eigenvalue weighted by Gasteiger charge is -2.43. The van der Waals surface area contributed by atoms with Gasteiger partial charge in [-0.3, -0.25) is 0 Å². The van der Waals surface area contributed by atoms with E-state index in [1.165, 1.54) is 12.1 Å². The molecule has 0 unspecified atom stereocenters. The Bertz CT molecular complexity index is 546. The summed E-state index contributed by atoms with van der Waals surface area (Å²) in [6.45, 7) is 6.40. The van der Waals surface area contributed by atoms with Crippen LogP contribution in [-0.2, 0) is 6.18 Å². The van der Waals surface area contributed by atoms with Crippen molar-refractivity contribution in [3.05, 3.63) is 35.4 Å². The average molecular weight is 342 g/mol. The normalized spacial score (nSPS) is 26.0. The third-order valence-corrected chi connectivity index (χ3v) is 4.78. The second-order valence-corrected chi connectivity index (χ2v) is 8.16. The van der Waals surface area contributed by atoms with Crippen LogP contribution in [0.1, 0.15) is 57.1 Å². The molecule has 1 fully saturated rings. The fourth-order valence-electron chi connectivity index (χ4n) is 3.76. The summed E-state index contributed by atoms with van der Waals surface area (Å²) >= 11 is 0. The summed E-state index contributed by atoms with van der Waals surface area (Å²) in [6.07, 6.45) is -1.50. The minimum Gasteiger partial charge on any atom is -0.308 e. The van der Waals surface area contributed by atoms with Crippen molar-refractivity contribution in [2.45, 2.75) is 69.8 Å². The topological polar surface area (TPSA) is 15.3 Å². The van der Waals surface area contributed by atoms with Gasteiger partial charge in [0.1, 0.15) is 0 Å². The molecule has 0 amide bonds. The van der Waals surface area contributed by atoms with E-state index in [1.807, 2.05) is 6.07 Å². The minimum absolute atomic E-state index is 0.0192. The van der Waals surface area contributed by atoms with E-state index in [-0.39, 0.29) is 17.5 Å². The van der Waals surface area contributed by atoms with E-state index in [0.29, 0.717) is 6.04 Å². The summed E-state index contributed by atoms with van der Waals surface area (Å²) < 4.78 is 38.9. The Morgan fingerprint density at radius 3 is 2.29 bits per heavy atom. The molecule has 0 saturated heterocycles. The van der Waals surface area contributed by atoms with E-state index < -0.39 is 11.7 Å². The third-order valence-electron chi connectivity index (χ3n) is 4.78. The molecule has 3 atom stereocenters. The first kappa shape index (κ1) is 19.3. The lowest BCUT2D eigenvalue weighted by Crippen LogP contribution is -2.55. The van der Waals surface area contributed by atoms with Crippen molar-refractivity contribution in [1.29, 1.82) is 0 Å². The molecule has 1 N–H and O–H groups in total. The summed E-state index contributed by atoms with van der Waals surface area (Å²) in [4.78, 5) is 2.23. The van der Waals surface area contributed by atoms with E-state index in [1.54, 1.807) is 0 Å². The molecule has 0 bridgehead atoms. The van der Waals surface area contributed by atoms with Crippen molar-refractivity contribution in [2.75, 3.05) is 14.1 Å². The van der Waals surface area contributed by atoms with Gasteiger partial charge in [-0.25, -0.2) is 0 Å². The lowest BCUT2D eigenvalue weighted by molar-refractivity contribution is -0.137. The number of nitrogens with one attached hydrogen (secondary N) is 1. The van der Waals surface area contributed by atoms with Crippen molar-refractivity contribution in [1.82, 2.24) is 10.2 Å². The first-order chi connectivity index (χ1) is 11.0. The Kier molecular flexibility index (Phi) is 5.65. The van der Waals surface area contributed by atoms with Gasteiger partial charge >= 0.3 is 6.18 Å². The van der Waals surface area contributed by atoms with E-state index in [0.717, 1.165) is 30.9 Å². The maximum absolute atomic E-state index is 13.0. The van der Waals surface area contributed by atoms with E-state index in [9.17, 15) is 13.2 Å². The predicted molar refractivity (Wildman–Crippen MR) is 92.2 cm³/mol. The van der Waals surface area contributed by atoms with Crippen molar-refractivity contribution >= 4 is 0 Å². The second-order valence-electron chi connectivity index (χ2n) is 8.16. The number of rotatable bonds is 3. The Hall–Kier alpha value is -1.07. The smallest absolute Gasteiger partial charge is 0.308 e. The summed E-state index contributed by atoms with van der Waals surface area (Å²) in [7, 11) is 4.15. The number of nitrogens with zero attached hydrogens (tertiary/aromatic N) is 1. The predicted octanol–water partition coefficient (Wildman–Crippen LogP) is 4.66. The van der Waals surface area contributed by atoms with Gasteiger partial charge in [-0.2, -0.15) is 13.2 Å². The largest absolute Gasteiger partial charge is 0.416 e. The van der Waals surface area contributed by atoms with Gasteiger partial charge in [0, 0.05) is 17.6 Å². The first-order valence-electron chi connectivity index (χ1n) is 8.58. The molecule has 0 aliphatic heterocycles. The highest BCUT2D eigenvalue weighted by atomic mass is 19.4. The van der Waals surface area contributed by atoms with Gasteiger partial charge in [-0.15, -0.1) is 0 Å². The molecule has 1 aromatic carbocycles. The highest BCUT2D eigenvalue weighted by Gasteiger charge is 2.36. The second kappa shape index (κ2) is 7.04. The highest BCUT2D eigenvalue weighted by molar-refractivity contribution is 5.29. The zero-order chi connectivity index (χ0) is 18.1. The van der Waals surface area contributed by atoms with Gasteiger partial charge in [-0.1, -0.05) is 18.2 Å². The van der Waals surface area contributed by atoms with Crippen molar-refractivity contribution in [3.63, 3.8) is 0 Å². The monoisotopic (exact) mass is 342 g/mol. The fraction of sp³-hybridized carbons (Fsp3) is 0.684. The van der Waals surface area contributed by atoms with Crippen LogP contribution in [0.4, 0.5) is 13.2 Å². The Balaban J connectivity index is 2.21. The van der Waals surface area contributed by atoms with Gasteiger partial charge < -0.3 is 10.2 Å². The zero-order valence-corrected chi connectivity index (χ0v) is 15.2. The van der Waals surface area contributed by atoms with Gasteiger partial charge in [0.2, 0.25) is 0 Å². The van der Waals surface area contributed by atoms with Crippen LogP contribution in [0, 0.1) is 0 Å². The Labute approximate surface area is 143 Å². The van der Waals surface area contributed by atoms with Gasteiger partial charge in [-0.05, 0) is 71.7 Å². The van der Waals surface area contributed by atoms with Crippen molar-refractivity contribution < 1.29 is 13.2 Å². The van der Waals surface area contributed by atoms with Crippen molar-refractivity contribution in [3.8, 4) is 0 Å². The SMILES string of the molecule is CN(C)[C@H]1CC[C@@H](c2cccc(C(F)(F)F)c2)C[C@@H]1NC(C)(C)C. The summed E-state index contributed by atoms with van der Waals surface area (Å²) in [5.41, 5.74) is 0.243. The molecule has 0 heterocycles. The molecule has 0 spiro atoms. The quantitative estimate of drug-likeness (QED) is 0.859. The zero-order valence-electron chi connectivity index (χ0n) is 15.2. The highest BCUT2D eigenvalue weighted by Crippen LogP contribution is 2.37. The number of halogens is 3. The van der Waals surface area contributed by atoms with Crippen LogP contribution in [0.15, 0.2) is 24.3 Å². The van der Waals surface area contributed by atoms with Crippen LogP contribution >= 0.6 is 0 Å². The van der Waals surface area contributed by atoms with Crippen LogP contribution in [0.5, 0.6) is 0 Å². The maximum atomic E-state index is 13.0. The molecule has 1 aromatic rings. The van der Waals surface area contributed by atoms with E-state index in [2.05, 4.69) is 45.1 Å². The van der Waals surface area contributed by atoms with Crippen LogP contribution in [0.2, 0.25) is 0 Å². The minimum atomic E-state index is -4.28. The molecule has 2 nitrogen and oxygen atoms in total. The van der Waals surface area contributed by atoms with Crippen LogP contribution in [0.3, 0.4) is 0 Å². The van der Waals surface area contributed by atoms with Crippen LogP contribution in [0.25, 0.3) is 0 Å².